The van der Waals surface area contributed by atoms with Gasteiger partial charge in [0.2, 0.25) is 8.32 Å². The Bertz CT molecular complexity index is 440. The van der Waals surface area contributed by atoms with E-state index in [9.17, 15) is 0 Å². The van der Waals surface area contributed by atoms with Gasteiger partial charge < -0.3 is 4.43 Å². The fourth-order valence-electron chi connectivity index (χ4n) is 1.48. The van der Waals surface area contributed by atoms with Gasteiger partial charge in [0.1, 0.15) is 5.75 Å². The third kappa shape index (κ3) is 3.19. The van der Waals surface area contributed by atoms with Crippen LogP contribution in [0.4, 0.5) is 0 Å². The van der Waals surface area contributed by atoms with Gasteiger partial charge in [0.25, 0.3) is 0 Å². The molecule has 0 radical (unpaired) electrons. The number of benzene rings is 1. The lowest BCUT2D eigenvalue weighted by molar-refractivity contribution is 0.492. The van der Waals surface area contributed by atoms with E-state index in [0.29, 0.717) is 0 Å². The van der Waals surface area contributed by atoms with Crippen molar-refractivity contribution < 1.29 is 4.43 Å². The maximum absolute atomic E-state index is 6.23. The van der Waals surface area contributed by atoms with Gasteiger partial charge in [-0.3, -0.25) is 0 Å². The van der Waals surface area contributed by atoms with Gasteiger partial charge in [0.15, 0.2) is 6.17 Å². The molecule has 0 saturated carbocycles. The SMILES string of the molecule is CC(C)(C)[Si](C)(C)Oc1ccc(CC2N=N2)cc1. The van der Waals surface area contributed by atoms with E-state index in [1.54, 1.807) is 0 Å². The highest BCUT2D eigenvalue weighted by atomic mass is 28.4. The van der Waals surface area contributed by atoms with Crippen LogP contribution in [0.15, 0.2) is 34.5 Å². The van der Waals surface area contributed by atoms with E-state index in [1.165, 1.54) is 5.56 Å². The minimum atomic E-state index is -1.72. The molecular formula is C14H22N2OSi. The quantitative estimate of drug-likeness (QED) is 0.740. The van der Waals surface area contributed by atoms with Gasteiger partial charge in [-0.15, -0.1) is 0 Å². The Morgan fingerprint density at radius 3 is 2.11 bits per heavy atom. The van der Waals surface area contributed by atoms with Crippen LogP contribution < -0.4 is 4.43 Å². The summed E-state index contributed by atoms with van der Waals surface area (Å²) in [5.74, 6) is 0.981. The minimum absolute atomic E-state index is 0.206. The van der Waals surface area contributed by atoms with Gasteiger partial charge in [0, 0.05) is 6.42 Å². The van der Waals surface area contributed by atoms with Crippen LogP contribution in [-0.4, -0.2) is 14.5 Å². The van der Waals surface area contributed by atoms with Crippen LogP contribution in [0.2, 0.25) is 18.1 Å². The van der Waals surface area contributed by atoms with E-state index in [1.807, 2.05) is 0 Å². The zero-order valence-electron chi connectivity index (χ0n) is 11.9. The molecule has 0 bridgehead atoms. The maximum atomic E-state index is 6.23. The van der Waals surface area contributed by atoms with E-state index in [0.717, 1.165) is 12.2 Å². The van der Waals surface area contributed by atoms with E-state index in [4.69, 9.17) is 4.43 Å². The van der Waals surface area contributed by atoms with Crippen LogP contribution in [-0.2, 0) is 6.42 Å². The van der Waals surface area contributed by atoms with Crippen molar-refractivity contribution in [2.24, 2.45) is 10.2 Å². The Morgan fingerprint density at radius 2 is 1.67 bits per heavy atom. The van der Waals surface area contributed by atoms with Crippen molar-refractivity contribution in [3.63, 3.8) is 0 Å². The van der Waals surface area contributed by atoms with Crippen LogP contribution in [0, 0.1) is 0 Å². The average molecular weight is 262 g/mol. The van der Waals surface area contributed by atoms with E-state index >= 15 is 0 Å². The lowest BCUT2D eigenvalue weighted by Gasteiger charge is -2.36. The lowest BCUT2D eigenvalue weighted by Crippen LogP contribution is -2.43. The molecule has 0 spiro atoms. The van der Waals surface area contributed by atoms with Gasteiger partial charge in [-0.25, -0.2) is 0 Å². The van der Waals surface area contributed by atoms with Crippen LogP contribution in [0.3, 0.4) is 0 Å². The molecule has 98 valence electrons. The highest BCUT2D eigenvalue weighted by Gasteiger charge is 2.38. The van der Waals surface area contributed by atoms with Crippen LogP contribution >= 0.6 is 0 Å². The summed E-state index contributed by atoms with van der Waals surface area (Å²) in [7, 11) is -1.72. The fraction of sp³-hybridized carbons (Fsp3) is 0.571. The molecule has 0 saturated heterocycles. The van der Waals surface area contributed by atoms with Crippen LogP contribution in [0.25, 0.3) is 0 Å². The maximum Gasteiger partial charge on any atom is 0.250 e. The molecular weight excluding hydrogens is 240 g/mol. The first-order valence-electron chi connectivity index (χ1n) is 6.46. The first kappa shape index (κ1) is 13.3. The zero-order chi connectivity index (χ0) is 13.4. The number of rotatable bonds is 4. The number of hydrogen-bond acceptors (Lipinski definition) is 3. The molecule has 0 aliphatic carbocycles. The molecule has 1 heterocycles. The standard InChI is InChI=1S/C14H22N2OSi/c1-14(2,3)18(4,5)17-12-8-6-11(7-9-12)10-13-15-16-13/h6-9,13H,10H2,1-5H3. The second-order valence-electron chi connectivity index (χ2n) is 6.42. The smallest absolute Gasteiger partial charge is 0.250 e. The molecule has 1 aromatic carbocycles. The van der Waals surface area contributed by atoms with Crippen molar-refractivity contribution in [2.45, 2.75) is 51.5 Å². The van der Waals surface area contributed by atoms with Crippen molar-refractivity contribution in [1.82, 2.24) is 0 Å². The number of hydrogen-bond donors (Lipinski definition) is 0. The van der Waals surface area contributed by atoms with Crippen molar-refractivity contribution in [3.8, 4) is 5.75 Å². The molecule has 0 atom stereocenters. The second kappa shape index (κ2) is 4.50. The molecule has 0 amide bonds. The molecule has 1 aliphatic rings. The molecule has 0 fully saturated rings. The molecule has 3 nitrogen and oxygen atoms in total. The summed E-state index contributed by atoms with van der Waals surface area (Å²) in [4.78, 5) is 0. The number of nitrogens with zero attached hydrogens (tertiary/aromatic N) is 2. The van der Waals surface area contributed by atoms with Crippen molar-refractivity contribution in [2.75, 3.05) is 0 Å². The largest absolute Gasteiger partial charge is 0.544 e. The van der Waals surface area contributed by atoms with Crippen molar-refractivity contribution in [3.05, 3.63) is 29.8 Å². The summed E-state index contributed by atoms with van der Waals surface area (Å²) >= 11 is 0. The summed E-state index contributed by atoms with van der Waals surface area (Å²) in [5, 5.41) is 8.06. The Kier molecular flexibility index (Phi) is 3.32. The molecule has 0 unspecified atom stereocenters. The van der Waals surface area contributed by atoms with Gasteiger partial charge in [-0.2, -0.15) is 10.2 Å². The molecule has 18 heavy (non-hydrogen) atoms. The van der Waals surface area contributed by atoms with Crippen LogP contribution in [0.5, 0.6) is 5.75 Å². The Hall–Kier alpha value is -1.16. The molecule has 1 aromatic rings. The monoisotopic (exact) mass is 262 g/mol. The Labute approximate surface area is 110 Å². The molecule has 2 rings (SSSR count). The van der Waals surface area contributed by atoms with Gasteiger partial charge >= 0.3 is 0 Å². The Balaban J connectivity index is 2.01. The molecule has 0 N–H and O–H groups in total. The summed E-state index contributed by atoms with van der Waals surface area (Å²) in [6.45, 7) is 11.3. The fourth-order valence-corrected chi connectivity index (χ4v) is 2.51. The first-order valence-corrected chi connectivity index (χ1v) is 9.37. The topological polar surface area (TPSA) is 34.0 Å². The highest BCUT2D eigenvalue weighted by molar-refractivity contribution is 6.74. The Morgan fingerprint density at radius 1 is 1.11 bits per heavy atom. The molecule has 1 aliphatic heterocycles. The normalized spacial score (nSPS) is 15.8. The molecule has 0 aromatic heterocycles. The molecule has 4 heteroatoms. The van der Waals surface area contributed by atoms with Gasteiger partial charge in [-0.1, -0.05) is 32.9 Å². The summed E-state index contributed by atoms with van der Waals surface area (Å²) in [5.41, 5.74) is 1.27. The third-order valence-corrected chi connectivity index (χ3v) is 8.16. The van der Waals surface area contributed by atoms with E-state index in [-0.39, 0.29) is 11.2 Å². The second-order valence-corrected chi connectivity index (χ2v) is 11.1. The predicted octanol–water partition coefficient (Wildman–Crippen LogP) is 4.41. The average Bonchev–Trinajstić information content (AvgIpc) is 3.03. The minimum Gasteiger partial charge on any atom is -0.544 e. The first-order chi connectivity index (χ1) is 8.28. The lowest BCUT2D eigenvalue weighted by atomic mass is 10.1. The van der Waals surface area contributed by atoms with E-state index in [2.05, 4.69) is 68.4 Å². The van der Waals surface area contributed by atoms with Crippen molar-refractivity contribution >= 4 is 8.32 Å². The summed E-state index contributed by atoms with van der Waals surface area (Å²) in [6, 6.07) is 8.37. The van der Waals surface area contributed by atoms with Crippen LogP contribution in [0.1, 0.15) is 26.3 Å². The predicted molar refractivity (Wildman–Crippen MR) is 76.6 cm³/mol. The highest BCUT2D eigenvalue weighted by Crippen LogP contribution is 2.37. The summed E-state index contributed by atoms with van der Waals surface area (Å²) < 4.78 is 6.23. The van der Waals surface area contributed by atoms with Gasteiger partial charge in [0.05, 0.1) is 0 Å². The third-order valence-electron chi connectivity index (χ3n) is 3.80. The zero-order valence-corrected chi connectivity index (χ0v) is 12.9. The summed E-state index contributed by atoms with van der Waals surface area (Å²) in [6.07, 6.45) is 1.12. The van der Waals surface area contributed by atoms with Crippen molar-refractivity contribution in [1.29, 1.82) is 0 Å². The van der Waals surface area contributed by atoms with Gasteiger partial charge in [-0.05, 0) is 35.8 Å². The van der Waals surface area contributed by atoms with E-state index < -0.39 is 8.32 Å².